The van der Waals surface area contributed by atoms with E-state index in [2.05, 4.69) is 27.5 Å². The number of nitrogens with one attached hydrogen (secondary N) is 1. The van der Waals surface area contributed by atoms with Crippen molar-refractivity contribution in [2.24, 2.45) is 0 Å². The van der Waals surface area contributed by atoms with Crippen molar-refractivity contribution in [1.82, 2.24) is 15.1 Å². The average molecular weight is 299 g/mol. The Morgan fingerprint density at radius 2 is 2.25 bits per heavy atom. The summed E-state index contributed by atoms with van der Waals surface area (Å²) < 4.78 is 4.81. The van der Waals surface area contributed by atoms with Crippen LogP contribution in [0.15, 0.2) is 0 Å². The molecule has 0 saturated carbocycles. The highest BCUT2D eigenvalue weighted by Crippen LogP contribution is 2.24. The number of esters is 1. The number of nitrogens with zero attached hydrogens (tertiary/aromatic N) is 3. The van der Waals surface area contributed by atoms with Crippen LogP contribution in [-0.4, -0.2) is 54.4 Å². The number of likely N-dealkylation sites (N-methyl/N-ethyl adjacent to an activating group) is 1. The van der Waals surface area contributed by atoms with Gasteiger partial charge in [-0.3, -0.25) is 0 Å². The van der Waals surface area contributed by atoms with Crippen molar-refractivity contribution in [1.29, 1.82) is 0 Å². The molecule has 20 heavy (non-hydrogen) atoms. The van der Waals surface area contributed by atoms with Gasteiger partial charge in [-0.15, -0.1) is 10.2 Å². The van der Waals surface area contributed by atoms with Crippen molar-refractivity contribution in [2.75, 3.05) is 32.6 Å². The van der Waals surface area contributed by atoms with Gasteiger partial charge in [-0.1, -0.05) is 11.6 Å². The van der Waals surface area contributed by atoms with Gasteiger partial charge < -0.3 is 15.0 Å². The summed E-state index contributed by atoms with van der Waals surface area (Å²) in [4.78, 5) is 14.2. The predicted octanol–water partition coefficient (Wildman–Crippen LogP) is 1.73. The summed E-state index contributed by atoms with van der Waals surface area (Å²) in [7, 11) is 3.42. The zero-order valence-electron chi connectivity index (χ0n) is 11.9. The number of carbonyl (C=O) groups excluding carboxylic acids is 1. The fourth-order valence-corrected chi connectivity index (χ4v) is 2.56. The minimum Gasteiger partial charge on any atom is -0.465 e. The van der Waals surface area contributed by atoms with Crippen LogP contribution in [0, 0.1) is 6.92 Å². The van der Waals surface area contributed by atoms with Crippen LogP contribution in [0.25, 0.3) is 0 Å². The summed E-state index contributed by atoms with van der Waals surface area (Å²) in [6, 6.07) is 0.243. The number of aromatic nitrogens is 2. The SMILES string of the molecule is COC(=O)c1c(N[C@@H]2CCCN(C)C2)nnc(Cl)c1C. The Kier molecular flexibility index (Phi) is 4.77. The van der Waals surface area contributed by atoms with Crippen molar-refractivity contribution < 1.29 is 9.53 Å². The van der Waals surface area contributed by atoms with E-state index in [-0.39, 0.29) is 11.2 Å². The van der Waals surface area contributed by atoms with Gasteiger partial charge in [0.15, 0.2) is 11.0 Å². The van der Waals surface area contributed by atoms with Crippen molar-refractivity contribution in [3.05, 3.63) is 16.3 Å². The Morgan fingerprint density at radius 3 is 2.90 bits per heavy atom. The van der Waals surface area contributed by atoms with E-state index in [1.807, 2.05) is 0 Å². The van der Waals surface area contributed by atoms with E-state index < -0.39 is 5.97 Å². The Balaban J connectivity index is 2.26. The standard InChI is InChI=1S/C13H19ClN4O2/c1-8-10(13(19)20-3)12(17-16-11(8)14)15-9-5-4-6-18(2)7-9/h9H,4-7H2,1-3H3,(H,15,17)/t9-/m1/s1. The molecule has 0 spiro atoms. The lowest BCUT2D eigenvalue weighted by molar-refractivity contribution is 0.0600. The highest BCUT2D eigenvalue weighted by molar-refractivity contribution is 6.30. The van der Waals surface area contributed by atoms with Crippen molar-refractivity contribution in [2.45, 2.75) is 25.8 Å². The maximum absolute atomic E-state index is 11.9. The van der Waals surface area contributed by atoms with E-state index >= 15 is 0 Å². The summed E-state index contributed by atoms with van der Waals surface area (Å²) in [6.45, 7) is 3.73. The van der Waals surface area contributed by atoms with E-state index in [4.69, 9.17) is 16.3 Å². The zero-order valence-corrected chi connectivity index (χ0v) is 12.7. The summed E-state index contributed by atoms with van der Waals surface area (Å²) in [6.07, 6.45) is 2.15. The van der Waals surface area contributed by atoms with Crippen molar-refractivity contribution in [3.63, 3.8) is 0 Å². The molecule has 1 aliphatic heterocycles. The van der Waals surface area contributed by atoms with Crippen LogP contribution in [0.1, 0.15) is 28.8 Å². The molecule has 0 bridgehead atoms. The molecule has 1 aromatic heterocycles. The predicted molar refractivity (Wildman–Crippen MR) is 77.3 cm³/mol. The van der Waals surface area contributed by atoms with E-state index in [0.717, 1.165) is 25.9 Å². The van der Waals surface area contributed by atoms with E-state index in [1.54, 1.807) is 6.92 Å². The fraction of sp³-hybridized carbons (Fsp3) is 0.615. The third kappa shape index (κ3) is 3.19. The monoisotopic (exact) mass is 298 g/mol. The number of ether oxygens (including phenoxy) is 1. The van der Waals surface area contributed by atoms with Gasteiger partial charge in [0.1, 0.15) is 5.56 Å². The summed E-state index contributed by atoms with van der Waals surface area (Å²) in [5, 5.41) is 11.4. The number of halogens is 1. The number of hydrogen-bond acceptors (Lipinski definition) is 6. The Hall–Kier alpha value is -1.40. The molecule has 0 radical (unpaired) electrons. The molecular formula is C13H19ClN4O2. The summed E-state index contributed by atoms with van der Waals surface area (Å²) in [5.74, 6) is -0.00925. The first-order valence-electron chi connectivity index (χ1n) is 6.59. The van der Waals surface area contributed by atoms with Crippen LogP contribution in [-0.2, 0) is 4.74 Å². The maximum atomic E-state index is 11.9. The average Bonchev–Trinajstić information content (AvgIpc) is 2.42. The minimum absolute atomic E-state index is 0.219. The topological polar surface area (TPSA) is 67.3 Å². The highest BCUT2D eigenvalue weighted by Gasteiger charge is 2.24. The van der Waals surface area contributed by atoms with Crippen LogP contribution in [0.2, 0.25) is 5.15 Å². The van der Waals surface area contributed by atoms with Crippen molar-refractivity contribution >= 4 is 23.4 Å². The molecule has 0 amide bonds. The Bertz CT molecular complexity index is 509. The van der Waals surface area contributed by atoms with E-state index in [1.165, 1.54) is 7.11 Å². The van der Waals surface area contributed by atoms with Crippen LogP contribution in [0.4, 0.5) is 5.82 Å². The first-order chi connectivity index (χ1) is 9.52. The molecule has 1 fully saturated rings. The first-order valence-corrected chi connectivity index (χ1v) is 6.97. The van der Waals surface area contributed by atoms with Gasteiger partial charge in [0.2, 0.25) is 0 Å². The second kappa shape index (κ2) is 6.37. The second-order valence-corrected chi connectivity index (χ2v) is 5.43. The molecule has 110 valence electrons. The molecule has 1 aromatic rings. The number of likely N-dealkylation sites (tertiary alicyclic amines) is 1. The van der Waals surface area contributed by atoms with Crippen LogP contribution in [0.5, 0.6) is 0 Å². The molecular weight excluding hydrogens is 280 g/mol. The molecule has 1 N–H and O–H groups in total. The first kappa shape index (κ1) is 15.0. The number of methoxy groups -OCH3 is 1. The molecule has 6 nitrogen and oxygen atoms in total. The van der Waals surface area contributed by atoms with Crippen LogP contribution >= 0.6 is 11.6 Å². The maximum Gasteiger partial charge on any atom is 0.342 e. The third-order valence-corrected chi connectivity index (χ3v) is 3.87. The minimum atomic E-state index is -0.453. The highest BCUT2D eigenvalue weighted by atomic mass is 35.5. The van der Waals surface area contributed by atoms with Gasteiger partial charge in [-0.25, -0.2) is 4.79 Å². The lowest BCUT2D eigenvalue weighted by Crippen LogP contribution is -2.40. The van der Waals surface area contributed by atoms with E-state index in [9.17, 15) is 4.79 Å². The van der Waals surface area contributed by atoms with Gasteiger partial charge >= 0.3 is 5.97 Å². The van der Waals surface area contributed by atoms with Gasteiger partial charge in [0.05, 0.1) is 7.11 Å². The van der Waals surface area contributed by atoms with Gasteiger partial charge in [0, 0.05) is 18.2 Å². The molecule has 0 aromatic carbocycles. The molecule has 2 rings (SSSR count). The number of rotatable bonds is 3. The molecule has 1 aliphatic rings. The van der Waals surface area contributed by atoms with Crippen LogP contribution in [0.3, 0.4) is 0 Å². The van der Waals surface area contributed by atoms with Gasteiger partial charge in [0.25, 0.3) is 0 Å². The quantitative estimate of drug-likeness (QED) is 0.857. The van der Waals surface area contributed by atoms with Crippen molar-refractivity contribution in [3.8, 4) is 0 Å². The number of anilines is 1. The van der Waals surface area contributed by atoms with Crippen LogP contribution < -0.4 is 5.32 Å². The number of carbonyl (C=O) groups is 1. The molecule has 2 heterocycles. The zero-order chi connectivity index (χ0) is 14.7. The second-order valence-electron chi connectivity index (χ2n) is 5.08. The smallest absolute Gasteiger partial charge is 0.342 e. The largest absolute Gasteiger partial charge is 0.465 e. The Morgan fingerprint density at radius 1 is 1.50 bits per heavy atom. The number of hydrogen-bond donors (Lipinski definition) is 1. The third-order valence-electron chi connectivity index (χ3n) is 3.51. The molecule has 0 aliphatic carbocycles. The van der Waals surface area contributed by atoms with Gasteiger partial charge in [-0.2, -0.15) is 0 Å². The number of piperidine rings is 1. The molecule has 1 saturated heterocycles. The van der Waals surface area contributed by atoms with E-state index in [0.29, 0.717) is 16.9 Å². The molecule has 0 unspecified atom stereocenters. The summed E-state index contributed by atoms with van der Waals surface area (Å²) in [5.41, 5.74) is 0.945. The Labute approximate surface area is 123 Å². The lowest BCUT2D eigenvalue weighted by atomic mass is 10.1. The lowest BCUT2D eigenvalue weighted by Gasteiger charge is -2.30. The summed E-state index contributed by atoms with van der Waals surface area (Å²) >= 11 is 5.94. The molecule has 7 heteroatoms. The van der Waals surface area contributed by atoms with Gasteiger partial charge in [-0.05, 0) is 33.4 Å². The molecule has 1 atom stereocenters. The normalized spacial score (nSPS) is 19.7. The fourth-order valence-electron chi connectivity index (χ4n) is 2.43.